The second-order valence-corrected chi connectivity index (χ2v) is 6.16. The van der Waals surface area contributed by atoms with E-state index in [0.717, 1.165) is 38.3 Å². The van der Waals surface area contributed by atoms with Crippen LogP contribution in [0.4, 0.5) is 0 Å². The molecule has 3 aliphatic rings. The van der Waals surface area contributed by atoms with Crippen LogP contribution in [0.2, 0.25) is 0 Å². The fourth-order valence-electron chi connectivity index (χ4n) is 3.87. The third kappa shape index (κ3) is 2.51. The van der Waals surface area contributed by atoms with E-state index in [1.165, 1.54) is 45.2 Å². The normalized spacial score (nSPS) is 34.2. The zero-order valence-electron chi connectivity index (χ0n) is 10.7. The Labute approximate surface area is 104 Å². The summed E-state index contributed by atoms with van der Waals surface area (Å²) in [5.74, 6) is 1.74. The second-order valence-electron chi connectivity index (χ2n) is 6.16. The maximum absolute atomic E-state index is 5.57. The van der Waals surface area contributed by atoms with E-state index < -0.39 is 0 Å². The molecule has 0 aromatic carbocycles. The van der Waals surface area contributed by atoms with Crippen LogP contribution in [-0.4, -0.2) is 39.5 Å². The van der Waals surface area contributed by atoms with Crippen LogP contribution in [0.3, 0.4) is 0 Å². The predicted molar refractivity (Wildman–Crippen MR) is 67.0 cm³/mol. The van der Waals surface area contributed by atoms with Crippen LogP contribution < -0.4 is 5.32 Å². The first-order chi connectivity index (χ1) is 8.39. The topological polar surface area (TPSA) is 30.5 Å². The third-order valence-electron chi connectivity index (χ3n) is 4.96. The summed E-state index contributed by atoms with van der Waals surface area (Å²) >= 11 is 0. The summed E-state index contributed by atoms with van der Waals surface area (Å²) in [5.41, 5.74) is 0.507. The van der Waals surface area contributed by atoms with E-state index in [1.807, 2.05) is 0 Å². The van der Waals surface area contributed by atoms with E-state index in [0.29, 0.717) is 5.41 Å². The highest BCUT2D eigenvalue weighted by atomic mass is 16.5. The molecule has 98 valence electrons. The summed E-state index contributed by atoms with van der Waals surface area (Å²) in [6.45, 7) is 6.40. The lowest BCUT2D eigenvalue weighted by molar-refractivity contribution is -0.173. The van der Waals surface area contributed by atoms with Crippen LogP contribution in [-0.2, 0) is 9.47 Å². The van der Waals surface area contributed by atoms with Crippen molar-refractivity contribution in [3.05, 3.63) is 0 Å². The molecule has 1 N–H and O–H groups in total. The van der Waals surface area contributed by atoms with Crippen molar-refractivity contribution in [3.8, 4) is 0 Å². The Hall–Kier alpha value is -0.120. The van der Waals surface area contributed by atoms with E-state index >= 15 is 0 Å². The average Bonchev–Trinajstić information content (AvgIpc) is 2.36. The Morgan fingerprint density at radius 2 is 1.88 bits per heavy atom. The quantitative estimate of drug-likeness (QED) is 0.815. The minimum Gasteiger partial charge on any atom is -0.381 e. The van der Waals surface area contributed by atoms with Gasteiger partial charge < -0.3 is 14.8 Å². The molecule has 3 aliphatic heterocycles. The number of rotatable bonds is 3. The number of nitrogens with one attached hydrogen (secondary N) is 1. The lowest BCUT2D eigenvalue weighted by Crippen LogP contribution is -2.52. The third-order valence-corrected chi connectivity index (χ3v) is 4.96. The fourth-order valence-corrected chi connectivity index (χ4v) is 3.87. The molecule has 3 rings (SSSR count). The molecule has 3 heterocycles. The van der Waals surface area contributed by atoms with Crippen LogP contribution in [0.25, 0.3) is 0 Å². The number of ether oxygens (including phenoxy) is 2. The highest BCUT2D eigenvalue weighted by Crippen LogP contribution is 2.46. The van der Waals surface area contributed by atoms with Crippen molar-refractivity contribution in [1.82, 2.24) is 5.32 Å². The maximum atomic E-state index is 5.57. The highest BCUT2D eigenvalue weighted by Gasteiger charge is 2.46. The molecule has 3 heteroatoms. The van der Waals surface area contributed by atoms with Crippen molar-refractivity contribution in [2.24, 2.45) is 17.3 Å². The summed E-state index contributed by atoms with van der Waals surface area (Å²) in [6.07, 6.45) is 6.66. The van der Waals surface area contributed by atoms with Crippen molar-refractivity contribution < 1.29 is 9.47 Å². The minimum absolute atomic E-state index is 0.507. The van der Waals surface area contributed by atoms with Crippen molar-refractivity contribution in [2.45, 2.75) is 32.1 Å². The van der Waals surface area contributed by atoms with Gasteiger partial charge in [0.05, 0.1) is 13.2 Å². The van der Waals surface area contributed by atoms with Gasteiger partial charge in [-0.1, -0.05) is 0 Å². The molecule has 0 aromatic heterocycles. The monoisotopic (exact) mass is 239 g/mol. The zero-order chi connectivity index (χ0) is 11.6. The second kappa shape index (κ2) is 5.25. The summed E-state index contributed by atoms with van der Waals surface area (Å²) in [5, 5.41) is 3.54. The molecular formula is C14H25NO2. The van der Waals surface area contributed by atoms with Crippen LogP contribution in [0.15, 0.2) is 0 Å². The standard InChI is InChI=1S/C14H25NO2/c1-2-12(9-15-5-1)8-14(10-17-11-14)13-3-6-16-7-4-13/h12-13,15H,1-11H2. The molecule has 0 amide bonds. The summed E-state index contributed by atoms with van der Waals surface area (Å²) in [7, 11) is 0. The van der Waals surface area contributed by atoms with E-state index in [4.69, 9.17) is 9.47 Å². The molecule has 1 atom stereocenters. The Morgan fingerprint density at radius 3 is 2.47 bits per heavy atom. The van der Waals surface area contributed by atoms with Crippen LogP contribution in [0.5, 0.6) is 0 Å². The molecule has 1 unspecified atom stereocenters. The van der Waals surface area contributed by atoms with Gasteiger partial charge in [0.1, 0.15) is 0 Å². The van der Waals surface area contributed by atoms with E-state index in [2.05, 4.69) is 5.32 Å². The largest absolute Gasteiger partial charge is 0.381 e. The van der Waals surface area contributed by atoms with Crippen molar-refractivity contribution in [3.63, 3.8) is 0 Å². The minimum atomic E-state index is 0.507. The molecular weight excluding hydrogens is 214 g/mol. The molecule has 0 aliphatic carbocycles. The Kier molecular flexibility index (Phi) is 3.69. The first-order valence-electron chi connectivity index (χ1n) is 7.25. The van der Waals surface area contributed by atoms with Gasteiger partial charge in [0.25, 0.3) is 0 Å². The summed E-state index contributed by atoms with van der Waals surface area (Å²) < 4.78 is 11.1. The zero-order valence-corrected chi connectivity index (χ0v) is 10.7. The highest BCUT2D eigenvalue weighted by molar-refractivity contribution is 4.95. The number of hydrogen-bond donors (Lipinski definition) is 1. The Bertz CT molecular complexity index is 241. The lowest BCUT2D eigenvalue weighted by Gasteiger charge is -2.50. The summed E-state index contributed by atoms with van der Waals surface area (Å²) in [6, 6.07) is 0. The maximum Gasteiger partial charge on any atom is 0.0547 e. The molecule has 17 heavy (non-hydrogen) atoms. The Morgan fingerprint density at radius 1 is 1.06 bits per heavy atom. The van der Waals surface area contributed by atoms with Gasteiger partial charge in [0.15, 0.2) is 0 Å². The van der Waals surface area contributed by atoms with Gasteiger partial charge in [-0.25, -0.2) is 0 Å². The molecule has 0 aromatic rings. The average molecular weight is 239 g/mol. The molecule has 3 nitrogen and oxygen atoms in total. The SMILES string of the molecule is C1CNCC(CC2(C3CCOCC3)COC2)C1. The van der Waals surface area contributed by atoms with Gasteiger partial charge in [-0.2, -0.15) is 0 Å². The van der Waals surface area contributed by atoms with Crippen LogP contribution >= 0.6 is 0 Å². The van der Waals surface area contributed by atoms with E-state index in [-0.39, 0.29) is 0 Å². The summed E-state index contributed by atoms with van der Waals surface area (Å²) in [4.78, 5) is 0. The first-order valence-corrected chi connectivity index (χ1v) is 7.25. The smallest absolute Gasteiger partial charge is 0.0547 e. The van der Waals surface area contributed by atoms with Gasteiger partial charge in [-0.15, -0.1) is 0 Å². The lowest BCUT2D eigenvalue weighted by atomic mass is 9.65. The number of piperidine rings is 1. The van der Waals surface area contributed by atoms with Gasteiger partial charge in [0.2, 0.25) is 0 Å². The van der Waals surface area contributed by atoms with Crippen LogP contribution in [0.1, 0.15) is 32.1 Å². The number of hydrogen-bond acceptors (Lipinski definition) is 3. The fraction of sp³-hybridized carbons (Fsp3) is 1.00. The van der Waals surface area contributed by atoms with Crippen molar-refractivity contribution in [1.29, 1.82) is 0 Å². The van der Waals surface area contributed by atoms with Gasteiger partial charge >= 0.3 is 0 Å². The van der Waals surface area contributed by atoms with Gasteiger partial charge in [-0.3, -0.25) is 0 Å². The van der Waals surface area contributed by atoms with Crippen molar-refractivity contribution in [2.75, 3.05) is 39.5 Å². The van der Waals surface area contributed by atoms with Gasteiger partial charge in [-0.05, 0) is 57.0 Å². The molecule has 0 radical (unpaired) electrons. The van der Waals surface area contributed by atoms with Crippen LogP contribution in [0, 0.1) is 17.3 Å². The predicted octanol–water partition coefficient (Wildman–Crippen LogP) is 1.82. The van der Waals surface area contributed by atoms with Crippen molar-refractivity contribution >= 4 is 0 Å². The molecule has 3 fully saturated rings. The molecule has 3 saturated heterocycles. The molecule has 0 saturated carbocycles. The molecule has 0 bridgehead atoms. The first kappa shape index (κ1) is 11.9. The van der Waals surface area contributed by atoms with E-state index in [9.17, 15) is 0 Å². The van der Waals surface area contributed by atoms with Gasteiger partial charge in [0, 0.05) is 18.6 Å². The van der Waals surface area contributed by atoms with E-state index in [1.54, 1.807) is 0 Å². The Balaban J connectivity index is 1.60. The molecule has 0 spiro atoms.